The molecule has 0 spiro atoms. The summed E-state index contributed by atoms with van der Waals surface area (Å²) in [5.74, 6) is -0.330. The van der Waals surface area contributed by atoms with Crippen LogP contribution in [-0.2, 0) is 9.63 Å². The number of hydrogen-bond donors (Lipinski definition) is 0. The average molecular weight is 318 g/mol. The van der Waals surface area contributed by atoms with Gasteiger partial charge in [0.1, 0.15) is 0 Å². The Kier molecular flexibility index (Phi) is 11.2. The van der Waals surface area contributed by atoms with Crippen LogP contribution in [0.2, 0.25) is 0 Å². The minimum absolute atomic E-state index is 0.330. The van der Waals surface area contributed by atoms with E-state index in [4.69, 9.17) is 4.84 Å². The number of carbonyl (C=O) groups excluding carboxylic acids is 1. The fraction of sp³-hybridized carbons (Fsp3) is 0.600. The predicted molar refractivity (Wildman–Crippen MR) is 97.1 cm³/mol. The Bertz CT molecular complexity index is 405. The summed E-state index contributed by atoms with van der Waals surface area (Å²) in [7, 11) is 0. The SMILES string of the molecule is [CH2]C(=O)N(OCCCCCCCCCCCC)c1ccccc1. The van der Waals surface area contributed by atoms with E-state index >= 15 is 0 Å². The van der Waals surface area contributed by atoms with Crippen LogP contribution < -0.4 is 5.06 Å². The van der Waals surface area contributed by atoms with E-state index in [9.17, 15) is 4.79 Å². The average Bonchev–Trinajstić information content (AvgIpc) is 2.56. The molecule has 0 heterocycles. The summed E-state index contributed by atoms with van der Waals surface area (Å²) < 4.78 is 0. The maximum atomic E-state index is 11.5. The lowest BCUT2D eigenvalue weighted by molar-refractivity contribution is -0.121. The highest BCUT2D eigenvalue weighted by atomic mass is 16.7. The highest BCUT2D eigenvalue weighted by Crippen LogP contribution is 2.15. The molecule has 0 bridgehead atoms. The molecule has 1 amide bonds. The highest BCUT2D eigenvalue weighted by Gasteiger charge is 2.11. The van der Waals surface area contributed by atoms with Gasteiger partial charge in [-0.1, -0.05) is 82.9 Å². The van der Waals surface area contributed by atoms with Crippen LogP contribution in [0.1, 0.15) is 71.1 Å². The van der Waals surface area contributed by atoms with Gasteiger partial charge in [-0.2, -0.15) is 5.06 Å². The van der Waals surface area contributed by atoms with Crippen molar-refractivity contribution in [2.45, 2.75) is 71.1 Å². The van der Waals surface area contributed by atoms with Crippen LogP contribution in [0.15, 0.2) is 30.3 Å². The van der Waals surface area contributed by atoms with E-state index in [1.54, 1.807) is 0 Å². The molecule has 1 rings (SSSR count). The molecule has 23 heavy (non-hydrogen) atoms. The molecule has 1 aromatic carbocycles. The fourth-order valence-electron chi connectivity index (χ4n) is 2.60. The maximum absolute atomic E-state index is 11.5. The first-order valence-corrected chi connectivity index (χ1v) is 9.09. The predicted octanol–water partition coefficient (Wildman–Crippen LogP) is 5.71. The topological polar surface area (TPSA) is 29.5 Å². The molecular weight excluding hydrogens is 286 g/mol. The number of unbranched alkanes of at least 4 members (excludes halogenated alkanes) is 9. The molecule has 0 aliphatic carbocycles. The number of anilines is 1. The molecule has 0 fully saturated rings. The molecule has 129 valence electrons. The van der Waals surface area contributed by atoms with Crippen molar-refractivity contribution in [2.24, 2.45) is 0 Å². The molecule has 3 heteroatoms. The normalized spacial score (nSPS) is 10.7. The standard InChI is InChI=1S/C20H32NO2/c1-3-4-5-6-7-8-9-10-11-15-18-23-21(19(2)22)20-16-13-12-14-17-20/h12-14,16-17H,2-11,15,18H2,1H3. The number of hydrogen-bond acceptors (Lipinski definition) is 2. The Hall–Kier alpha value is -1.35. The third-order valence-electron chi connectivity index (χ3n) is 3.94. The summed E-state index contributed by atoms with van der Waals surface area (Å²) in [6.45, 7) is 6.26. The number of nitrogens with zero attached hydrogens (tertiary/aromatic N) is 1. The Morgan fingerprint density at radius 2 is 1.43 bits per heavy atom. The zero-order chi connectivity index (χ0) is 16.8. The Balaban J connectivity index is 2.04. The molecule has 0 atom stereocenters. The third-order valence-corrected chi connectivity index (χ3v) is 3.94. The van der Waals surface area contributed by atoms with Crippen molar-refractivity contribution in [3.63, 3.8) is 0 Å². The number of rotatable bonds is 13. The quantitative estimate of drug-likeness (QED) is 0.344. The van der Waals surface area contributed by atoms with Crippen LogP contribution in [0.4, 0.5) is 5.69 Å². The van der Waals surface area contributed by atoms with E-state index in [0.717, 1.165) is 18.5 Å². The Morgan fingerprint density at radius 1 is 0.913 bits per heavy atom. The van der Waals surface area contributed by atoms with Gasteiger partial charge >= 0.3 is 0 Å². The zero-order valence-corrected chi connectivity index (χ0v) is 14.6. The highest BCUT2D eigenvalue weighted by molar-refractivity contribution is 5.94. The fourth-order valence-corrected chi connectivity index (χ4v) is 2.60. The molecule has 0 aliphatic rings. The van der Waals surface area contributed by atoms with Gasteiger partial charge in [0, 0.05) is 6.92 Å². The lowest BCUT2D eigenvalue weighted by Gasteiger charge is -2.20. The second-order valence-electron chi connectivity index (χ2n) is 6.04. The van der Waals surface area contributed by atoms with Gasteiger partial charge in [-0.15, -0.1) is 0 Å². The zero-order valence-electron chi connectivity index (χ0n) is 14.6. The van der Waals surface area contributed by atoms with Crippen LogP contribution in [-0.4, -0.2) is 12.5 Å². The second-order valence-corrected chi connectivity index (χ2v) is 6.04. The van der Waals surface area contributed by atoms with Crippen LogP contribution in [0, 0.1) is 6.92 Å². The van der Waals surface area contributed by atoms with Gasteiger partial charge in [0.15, 0.2) is 0 Å². The van der Waals surface area contributed by atoms with Crippen molar-refractivity contribution in [1.29, 1.82) is 0 Å². The van der Waals surface area contributed by atoms with Crippen molar-refractivity contribution >= 4 is 11.6 Å². The largest absolute Gasteiger partial charge is 0.272 e. The molecule has 0 saturated carbocycles. The number of hydroxylamine groups is 1. The summed E-state index contributed by atoms with van der Waals surface area (Å²) in [6, 6.07) is 9.38. The molecule has 0 aliphatic heterocycles. The van der Waals surface area contributed by atoms with E-state index in [2.05, 4.69) is 13.8 Å². The number of benzene rings is 1. The first-order valence-electron chi connectivity index (χ1n) is 9.09. The minimum Gasteiger partial charge on any atom is -0.272 e. The van der Waals surface area contributed by atoms with E-state index in [-0.39, 0.29) is 5.91 Å². The summed E-state index contributed by atoms with van der Waals surface area (Å²) in [4.78, 5) is 17.1. The van der Waals surface area contributed by atoms with Crippen LogP contribution in [0.5, 0.6) is 0 Å². The van der Waals surface area contributed by atoms with Crippen molar-refractivity contribution in [3.8, 4) is 0 Å². The lowest BCUT2D eigenvalue weighted by atomic mass is 10.1. The number of amides is 1. The van der Waals surface area contributed by atoms with Crippen molar-refractivity contribution in [1.82, 2.24) is 0 Å². The molecule has 0 N–H and O–H groups in total. The summed E-state index contributed by atoms with van der Waals surface area (Å²) >= 11 is 0. The summed E-state index contributed by atoms with van der Waals surface area (Å²) in [6.07, 6.45) is 12.9. The Labute approximate surface area is 142 Å². The number of para-hydroxylation sites is 1. The van der Waals surface area contributed by atoms with Gasteiger partial charge in [0.25, 0.3) is 5.91 Å². The molecule has 0 saturated heterocycles. The molecular formula is C20H32NO2. The molecule has 3 nitrogen and oxygen atoms in total. The molecule has 0 unspecified atom stereocenters. The molecule has 1 radical (unpaired) electrons. The number of carbonyl (C=O) groups is 1. The van der Waals surface area contributed by atoms with Crippen molar-refractivity contribution in [3.05, 3.63) is 37.3 Å². The third kappa shape index (κ3) is 9.39. The first kappa shape index (κ1) is 19.7. The molecule has 1 aromatic rings. The van der Waals surface area contributed by atoms with Crippen LogP contribution >= 0.6 is 0 Å². The Morgan fingerprint density at radius 3 is 1.96 bits per heavy atom. The van der Waals surface area contributed by atoms with Gasteiger partial charge in [-0.3, -0.25) is 9.63 Å². The van der Waals surface area contributed by atoms with Gasteiger partial charge < -0.3 is 0 Å². The minimum atomic E-state index is -0.330. The van der Waals surface area contributed by atoms with E-state index in [1.807, 2.05) is 30.3 Å². The van der Waals surface area contributed by atoms with Gasteiger partial charge in [-0.25, -0.2) is 0 Å². The lowest BCUT2D eigenvalue weighted by Crippen LogP contribution is -2.29. The van der Waals surface area contributed by atoms with Crippen molar-refractivity contribution in [2.75, 3.05) is 11.7 Å². The van der Waals surface area contributed by atoms with E-state index < -0.39 is 0 Å². The summed E-state index contributed by atoms with van der Waals surface area (Å²) in [5, 5.41) is 1.29. The van der Waals surface area contributed by atoms with E-state index in [1.165, 1.54) is 56.4 Å². The van der Waals surface area contributed by atoms with Gasteiger partial charge in [-0.05, 0) is 18.6 Å². The van der Waals surface area contributed by atoms with Gasteiger partial charge in [0.05, 0.1) is 12.3 Å². The monoisotopic (exact) mass is 318 g/mol. The molecule has 0 aromatic heterocycles. The van der Waals surface area contributed by atoms with Crippen molar-refractivity contribution < 1.29 is 9.63 Å². The maximum Gasteiger partial charge on any atom is 0.251 e. The van der Waals surface area contributed by atoms with Gasteiger partial charge in [0.2, 0.25) is 0 Å². The summed E-state index contributed by atoms with van der Waals surface area (Å²) in [5.41, 5.74) is 0.736. The van der Waals surface area contributed by atoms with Crippen LogP contribution in [0.3, 0.4) is 0 Å². The van der Waals surface area contributed by atoms with Crippen LogP contribution in [0.25, 0.3) is 0 Å². The van der Waals surface area contributed by atoms with E-state index in [0.29, 0.717) is 6.61 Å². The first-order chi connectivity index (χ1) is 11.3. The smallest absolute Gasteiger partial charge is 0.251 e. The second kappa shape index (κ2) is 13.1.